The summed E-state index contributed by atoms with van der Waals surface area (Å²) in [4.78, 5) is 12.4. The standard InChI is InChI=1S/C17H18I2N2O2/c1-10-4-2-3-5-15(10)21-17(23)12(9-20)6-11-7-13(18)8-14(19)16(11)22/h6-8,10,15,22H,2-5H2,1H3,(H,21,23)/b12-6+/t10-,15-/m0/s1. The third-order valence-corrected chi connectivity index (χ3v) is 5.60. The number of carbonyl (C=O) groups is 1. The van der Waals surface area contributed by atoms with Crippen molar-refractivity contribution < 1.29 is 9.90 Å². The highest BCUT2D eigenvalue weighted by atomic mass is 127. The number of rotatable bonds is 3. The van der Waals surface area contributed by atoms with E-state index in [4.69, 9.17) is 0 Å². The van der Waals surface area contributed by atoms with E-state index in [9.17, 15) is 15.2 Å². The van der Waals surface area contributed by atoms with Gasteiger partial charge < -0.3 is 10.4 Å². The Labute approximate surface area is 163 Å². The van der Waals surface area contributed by atoms with Gasteiger partial charge in [-0.2, -0.15) is 5.26 Å². The van der Waals surface area contributed by atoms with Gasteiger partial charge >= 0.3 is 0 Å². The lowest BCUT2D eigenvalue weighted by molar-refractivity contribution is -0.118. The zero-order valence-corrected chi connectivity index (χ0v) is 17.1. The molecule has 1 amide bonds. The van der Waals surface area contributed by atoms with Gasteiger partial charge in [0.15, 0.2) is 0 Å². The van der Waals surface area contributed by atoms with Crippen molar-refractivity contribution in [1.82, 2.24) is 5.32 Å². The molecule has 2 N–H and O–H groups in total. The molecule has 122 valence electrons. The molecule has 2 rings (SSSR count). The van der Waals surface area contributed by atoms with Gasteiger partial charge in [0.1, 0.15) is 17.4 Å². The number of carbonyl (C=O) groups excluding carboxylic acids is 1. The smallest absolute Gasteiger partial charge is 0.262 e. The van der Waals surface area contributed by atoms with E-state index in [-0.39, 0.29) is 23.3 Å². The van der Waals surface area contributed by atoms with Crippen molar-refractivity contribution in [3.8, 4) is 11.8 Å². The van der Waals surface area contributed by atoms with Crippen LogP contribution in [0.4, 0.5) is 0 Å². The molecule has 23 heavy (non-hydrogen) atoms. The lowest BCUT2D eigenvalue weighted by atomic mass is 9.86. The van der Waals surface area contributed by atoms with E-state index < -0.39 is 0 Å². The summed E-state index contributed by atoms with van der Waals surface area (Å²) >= 11 is 4.17. The molecule has 0 radical (unpaired) electrons. The molecular formula is C17H18I2N2O2. The largest absolute Gasteiger partial charge is 0.506 e. The molecule has 6 heteroatoms. The Balaban J connectivity index is 2.22. The van der Waals surface area contributed by atoms with Gasteiger partial charge in [0.25, 0.3) is 5.91 Å². The van der Waals surface area contributed by atoms with Crippen LogP contribution in [0.2, 0.25) is 0 Å². The third kappa shape index (κ3) is 4.83. The minimum atomic E-state index is -0.362. The fraction of sp³-hybridized carbons (Fsp3) is 0.412. The van der Waals surface area contributed by atoms with Crippen LogP contribution in [0.15, 0.2) is 17.7 Å². The highest BCUT2D eigenvalue weighted by Gasteiger charge is 2.24. The first-order chi connectivity index (χ1) is 10.9. The van der Waals surface area contributed by atoms with Crippen LogP contribution in [0.3, 0.4) is 0 Å². The second-order valence-corrected chi connectivity index (χ2v) is 8.24. The van der Waals surface area contributed by atoms with E-state index in [1.165, 1.54) is 12.5 Å². The van der Waals surface area contributed by atoms with Gasteiger partial charge in [-0.05, 0) is 82.2 Å². The Morgan fingerprint density at radius 2 is 2.09 bits per heavy atom. The van der Waals surface area contributed by atoms with Gasteiger partial charge in [-0.3, -0.25) is 4.79 Å². The highest BCUT2D eigenvalue weighted by molar-refractivity contribution is 14.1. The van der Waals surface area contributed by atoms with Crippen LogP contribution in [-0.4, -0.2) is 17.1 Å². The van der Waals surface area contributed by atoms with Crippen molar-refractivity contribution in [2.24, 2.45) is 5.92 Å². The Morgan fingerprint density at radius 3 is 2.74 bits per heavy atom. The van der Waals surface area contributed by atoms with Crippen molar-refractivity contribution in [3.63, 3.8) is 0 Å². The predicted octanol–water partition coefficient (Wildman–Crippen LogP) is 4.20. The summed E-state index contributed by atoms with van der Waals surface area (Å²) in [7, 11) is 0. The van der Waals surface area contributed by atoms with E-state index in [1.807, 2.05) is 34.7 Å². The van der Waals surface area contributed by atoms with Crippen molar-refractivity contribution in [2.75, 3.05) is 0 Å². The number of halogens is 2. The number of nitrogens with one attached hydrogen (secondary N) is 1. The lowest BCUT2D eigenvalue weighted by Gasteiger charge is -2.29. The predicted molar refractivity (Wildman–Crippen MR) is 107 cm³/mol. The fourth-order valence-electron chi connectivity index (χ4n) is 2.78. The molecule has 0 spiro atoms. The van der Waals surface area contributed by atoms with Crippen LogP contribution in [0.1, 0.15) is 38.2 Å². The van der Waals surface area contributed by atoms with Crippen molar-refractivity contribution in [2.45, 2.75) is 38.6 Å². The van der Waals surface area contributed by atoms with Gasteiger partial charge in [-0.15, -0.1) is 0 Å². The minimum Gasteiger partial charge on any atom is -0.506 e. The van der Waals surface area contributed by atoms with Crippen LogP contribution in [-0.2, 0) is 4.79 Å². The first-order valence-electron chi connectivity index (χ1n) is 7.53. The molecule has 0 aromatic heterocycles. The topological polar surface area (TPSA) is 73.1 Å². The van der Waals surface area contributed by atoms with Crippen LogP contribution >= 0.6 is 45.2 Å². The molecule has 1 fully saturated rings. The Kier molecular flexibility index (Phi) is 6.71. The Bertz CT molecular complexity index is 680. The van der Waals surface area contributed by atoms with Gasteiger partial charge in [0.2, 0.25) is 0 Å². The summed E-state index contributed by atoms with van der Waals surface area (Å²) in [6.45, 7) is 2.13. The zero-order chi connectivity index (χ0) is 17.0. The average molecular weight is 536 g/mol. The first kappa shape index (κ1) is 18.5. The van der Waals surface area contributed by atoms with Crippen molar-refractivity contribution >= 4 is 57.2 Å². The van der Waals surface area contributed by atoms with Gasteiger partial charge in [0, 0.05) is 15.2 Å². The van der Waals surface area contributed by atoms with E-state index >= 15 is 0 Å². The maximum absolute atomic E-state index is 12.4. The fourth-order valence-corrected chi connectivity index (χ4v) is 4.67. The monoisotopic (exact) mass is 536 g/mol. The highest BCUT2D eigenvalue weighted by Crippen LogP contribution is 2.29. The number of phenolic OH excluding ortho intramolecular Hbond substituents is 1. The first-order valence-corrected chi connectivity index (χ1v) is 9.68. The third-order valence-electron chi connectivity index (χ3n) is 4.15. The number of phenols is 1. The second kappa shape index (κ2) is 8.33. The minimum absolute atomic E-state index is 0.0240. The molecule has 0 aliphatic heterocycles. The van der Waals surface area contributed by atoms with Gasteiger partial charge in [-0.25, -0.2) is 0 Å². The summed E-state index contributed by atoms with van der Waals surface area (Å²) in [6, 6.07) is 5.67. The molecule has 0 saturated heterocycles. The van der Waals surface area contributed by atoms with Crippen molar-refractivity contribution in [1.29, 1.82) is 5.26 Å². The molecule has 1 aromatic carbocycles. The second-order valence-electron chi connectivity index (χ2n) is 5.84. The quantitative estimate of drug-likeness (QED) is 0.346. The zero-order valence-electron chi connectivity index (χ0n) is 12.8. The number of hydrogen-bond acceptors (Lipinski definition) is 3. The lowest BCUT2D eigenvalue weighted by Crippen LogP contribution is -2.41. The van der Waals surface area contributed by atoms with Crippen LogP contribution < -0.4 is 5.32 Å². The molecule has 4 nitrogen and oxygen atoms in total. The number of amides is 1. The summed E-state index contributed by atoms with van der Waals surface area (Å²) in [5, 5.41) is 22.4. The van der Waals surface area contributed by atoms with Crippen molar-refractivity contribution in [3.05, 3.63) is 30.4 Å². The Hall–Kier alpha value is -0.820. The van der Waals surface area contributed by atoms with E-state index in [1.54, 1.807) is 6.07 Å². The molecule has 0 heterocycles. The number of hydrogen-bond donors (Lipinski definition) is 2. The summed E-state index contributed by atoms with van der Waals surface area (Å²) in [5.74, 6) is 0.164. The number of nitriles is 1. The normalized spacial score (nSPS) is 21.6. The van der Waals surface area contributed by atoms with E-state index in [2.05, 4.69) is 34.8 Å². The summed E-state index contributed by atoms with van der Waals surface area (Å²) < 4.78 is 1.63. The SMILES string of the molecule is C[C@H]1CCCC[C@@H]1NC(=O)/C(C#N)=C/c1cc(I)cc(I)c1O. The number of benzene rings is 1. The molecule has 0 unspecified atom stereocenters. The molecule has 2 atom stereocenters. The molecular weight excluding hydrogens is 518 g/mol. The van der Waals surface area contributed by atoms with Crippen LogP contribution in [0.25, 0.3) is 6.08 Å². The molecule has 1 aromatic rings. The average Bonchev–Trinajstić information content (AvgIpc) is 2.51. The number of aromatic hydroxyl groups is 1. The van der Waals surface area contributed by atoms with E-state index in [0.29, 0.717) is 15.1 Å². The van der Waals surface area contributed by atoms with Gasteiger partial charge in [0.05, 0.1) is 3.57 Å². The van der Waals surface area contributed by atoms with Crippen LogP contribution in [0, 0.1) is 24.4 Å². The summed E-state index contributed by atoms with van der Waals surface area (Å²) in [6.07, 6.45) is 5.83. The maximum Gasteiger partial charge on any atom is 0.262 e. The van der Waals surface area contributed by atoms with E-state index in [0.717, 1.165) is 22.8 Å². The molecule has 1 saturated carbocycles. The number of nitrogens with zero attached hydrogens (tertiary/aromatic N) is 1. The van der Waals surface area contributed by atoms with Gasteiger partial charge in [-0.1, -0.05) is 19.8 Å². The molecule has 0 bridgehead atoms. The molecule has 1 aliphatic carbocycles. The molecule has 1 aliphatic rings. The maximum atomic E-state index is 12.4. The van der Waals surface area contributed by atoms with Crippen LogP contribution in [0.5, 0.6) is 5.75 Å². The Morgan fingerprint density at radius 1 is 1.39 bits per heavy atom. The summed E-state index contributed by atoms with van der Waals surface area (Å²) in [5.41, 5.74) is 0.514.